The van der Waals surface area contributed by atoms with Gasteiger partial charge in [-0.3, -0.25) is 9.52 Å². The summed E-state index contributed by atoms with van der Waals surface area (Å²) in [4.78, 5) is 12.4. The summed E-state index contributed by atoms with van der Waals surface area (Å²) >= 11 is 0. The van der Waals surface area contributed by atoms with Crippen LogP contribution in [-0.2, 0) is 21.4 Å². The average Bonchev–Trinajstić information content (AvgIpc) is 2.69. The summed E-state index contributed by atoms with van der Waals surface area (Å²) in [6.07, 6.45) is 0. The Morgan fingerprint density at radius 3 is 2.31 bits per heavy atom. The third-order valence-electron chi connectivity index (χ3n) is 4.02. The van der Waals surface area contributed by atoms with Gasteiger partial charge in [0.15, 0.2) is 0 Å². The lowest BCUT2D eigenvalue weighted by molar-refractivity contribution is 0.102. The molecule has 6 nitrogen and oxygen atoms in total. The van der Waals surface area contributed by atoms with Crippen LogP contribution in [0.25, 0.3) is 0 Å². The van der Waals surface area contributed by atoms with Crippen molar-refractivity contribution in [3.05, 3.63) is 89.7 Å². The van der Waals surface area contributed by atoms with Crippen molar-refractivity contribution in [3.8, 4) is 0 Å². The molecule has 0 spiro atoms. The number of carbonyl (C=O) groups is 1. The monoisotopic (exact) mass is 414 g/mol. The first-order valence-electron chi connectivity index (χ1n) is 8.65. The number of carbonyl (C=O) groups excluding carboxylic acids is 1. The molecule has 2 N–H and O–H groups in total. The Morgan fingerprint density at radius 1 is 0.966 bits per heavy atom. The Balaban J connectivity index is 1.68. The number of amides is 1. The minimum Gasteiger partial charge on any atom is -0.380 e. The normalized spacial score (nSPS) is 11.1. The molecule has 0 unspecified atom stereocenters. The third kappa shape index (κ3) is 5.40. The zero-order chi connectivity index (χ0) is 20.9. The van der Waals surface area contributed by atoms with Crippen LogP contribution in [0.4, 0.5) is 15.8 Å². The fourth-order valence-corrected chi connectivity index (χ4v) is 3.68. The molecular weight excluding hydrogens is 395 g/mol. The number of benzene rings is 3. The largest absolute Gasteiger partial charge is 0.380 e. The van der Waals surface area contributed by atoms with Crippen LogP contribution < -0.4 is 10.0 Å². The maximum Gasteiger partial charge on any atom is 0.261 e. The number of anilines is 2. The molecule has 8 heteroatoms. The number of sulfonamides is 1. The molecule has 0 fully saturated rings. The predicted molar refractivity (Wildman–Crippen MR) is 109 cm³/mol. The summed E-state index contributed by atoms with van der Waals surface area (Å²) < 4.78 is 45.1. The summed E-state index contributed by atoms with van der Waals surface area (Å²) in [5.74, 6) is -0.848. The van der Waals surface area contributed by atoms with Crippen LogP contribution in [0, 0.1) is 5.82 Å². The number of hydrogen-bond acceptors (Lipinski definition) is 4. The molecule has 0 saturated carbocycles. The maximum atomic E-state index is 13.0. The Bertz CT molecular complexity index is 1100. The van der Waals surface area contributed by atoms with E-state index in [1.165, 1.54) is 36.4 Å². The molecule has 0 aromatic heterocycles. The van der Waals surface area contributed by atoms with Gasteiger partial charge in [-0.2, -0.15) is 0 Å². The number of halogens is 1. The number of ether oxygens (including phenoxy) is 1. The Kier molecular flexibility index (Phi) is 6.26. The standard InChI is InChI=1S/C21H19FN2O4S/c1-28-14-15-3-2-4-19(13-15)23-21(25)16-5-9-18(10-6-16)24-29(26,27)20-11-7-17(22)8-12-20/h2-13,24H,14H2,1H3,(H,23,25). The number of methoxy groups -OCH3 is 1. The molecule has 1 amide bonds. The smallest absolute Gasteiger partial charge is 0.261 e. The average molecular weight is 414 g/mol. The third-order valence-corrected chi connectivity index (χ3v) is 5.42. The van der Waals surface area contributed by atoms with E-state index in [1.54, 1.807) is 13.2 Å². The van der Waals surface area contributed by atoms with Crippen LogP contribution >= 0.6 is 0 Å². The molecule has 0 radical (unpaired) electrons. The van der Waals surface area contributed by atoms with Crippen molar-refractivity contribution in [3.63, 3.8) is 0 Å². The molecule has 0 aliphatic rings. The van der Waals surface area contributed by atoms with Crippen molar-refractivity contribution in [2.75, 3.05) is 17.1 Å². The summed E-state index contributed by atoms with van der Waals surface area (Å²) in [5.41, 5.74) is 2.21. The quantitative estimate of drug-likeness (QED) is 0.611. The van der Waals surface area contributed by atoms with Crippen LogP contribution in [-0.4, -0.2) is 21.4 Å². The van der Waals surface area contributed by atoms with E-state index < -0.39 is 15.8 Å². The molecule has 0 aliphatic heterocycles. The van der Waals surface area contributed by atoms with Crippen molar-refractivity contribution in [2.45, 2.75) is 11.5 Å². The fourth-order valence-electron chi connectivity index (χ4n) is 2.63. The van der Waals surface area contributed by atoms with Crippen LogP contribution in [0.15, 0.2) is 77.7 Å². The van der Waals surface area contributed by atoms with E-state index in [2.05, 4.69) is 10.0 Å². The molecule has 3 aromatic carbocycles. The van der Waals surface area contributed by atoms with Gasteiger partial charge in [0.05, 0.1) is 11.5 Å². The lowest BCUT2D eigenvalue weighted by Crippen LogP contribution is -2.14. The highest BCUT2D eigenvalue weighted by Crippen LogP contribution is 2.18. The highest BCUT2D eigenvalue weighted by Gasteiger charge is 2.14. The second-order valence-electron chi connectivity index (χ2n) is 6.22. The first-order valence-corrected chi connectivity index (χ1v) is 10.1. The van der Waals surface area contributed by atoms with Crippen molar-refractivity contribution >= 4 is 27.3 Å². The minimum atomic E-state index is -3.85. The van der Waals surface area contributed by atoms with Gasteiger partial charge < -0.3 is 10.1 Å². The zero-order valence-corrected chi connectivity index (χ0v) is 16.4. The van der Waals surface area contributed by atoms with Gasteiger partial charge in [-0.25, -0.2) is 12.8 Å². The first kappa shape index (κ1) is 20.5. The predicted octanol–water partition coefficient (Wildman–Crippen LogP) is 4.03. The van der Waals surface area contributed by atoms with Gasteiger partial charge in [0.25, 0.3) is 15.9 Å². The van der Waals surface area contributed by atoms with E-state index in [9.17, 15) is 17.6 Å². The molecule has 0 heterocycles. The minimum absolute atomic E-state index is 0.0586. The summed E-state index contributed by atoms with van der Waals surface area (Å²) in [6, 6.07) is 17.8. The van der Waals surface area contributed by atoms with Crippen LogP contribution in [0.2, 0.25) is 0 Å². The van der Waals surface area contributed by atoms with Crippen LogP contribution in [0.5, 0.6) is 0 Å². The lowest BCUT2D eigenvalue weighted by Gasteiger charge is -2.10. The van der Waals surface area contributed by atoms with E-state index in [4.69, 9.17) is 4.74 Å². The van der Waals surface area contributed by atoms with Gasteiger partial charge in [-0.05, 0) is 66.2 Å². The Labute approximate surface area is 168 Å². The highest BCUT2D eigenvalue weighted by molar-refractivity contribution is 7.92. The summed E-state index contributed by atoms with van der Waals surface area (Å²) in [6.45, 7) is 0.437. The van der Waals surface area contributed by atoms with E-state index in [0.717, 1.165) is 17.7 Å². The topological polar surface area (TPSA) is 84.5 Å². The molecule has 0 atom stereocenters. The molecule has 150 valence electrons. The summed E-state index contributed by atoms with van der Waals surface area (Å²) in [5, 5.41) is 2.79. The molecule has 0 saturated heterocycles. The van der Waals surface area contributed by atoms with Gasteiger partial charge in [-0.1, -0.05) is 12.1 Å². The van der Waals surface area contributed by atoms with Crippen molar-refractivity contribution in [1.82, 2.24) is 0 Å². The van der Waals surface area contributed by atoms with E-state index >= 15 is 0 Å². The molecule has 0 aliphatic carbocycles. The summed E-state index contributed by atoms with van der Waals surface area (Å²) in [7, 11) is -2.26. The van der Waals surface area contributed by atoms with E-state index in [1.807, 2.05) is 18.2 Å². The van der Waals surface area contributed by atoms with Crippen molar-refractivity contribution in [2.24, 2.45) is 0 Å². The molecule has 0 bridgehead atoms. The molecular formula is C21H19FN2O4S. The maximum absolute atomic E-state index is 13.0. The van der Waals surface area contributed by atoms with Gasteiger partial charge in [-0.15, -0.1) is 0 Å². The highest BCUT2D eigenvalue weighted by atomic mass is 32.2. The zero-order valence-electron chi connectivity index (χ0n) is 15.6. The fraction of sp³-hybridized carbons (Fsp3) is 0.0952. The van der Waals surface area contributed by atoms with Crippen molar-refractivity contribution < 1.29 is 22.3 Å². The van der Waals surface area contributed by atoms with Gasteiger partial charge in [0.2, 0.25) is 0 Å². The van der Waals surface area contributed by atoms with Gasteiger partial charge >= 0.3 is 0 Å². The molecule has 3 rings (SSSR count). The van der Waals surface area contributed by atoms with Gasteiger partial charge in [0.1, 0.15) is 5.82 Å². The molecule has 29 heavy (non-hydrogen) atoms. The van der Waals surface area contributed by atoms with Crippen LogP contribution in [0.1, 0.15) is 15.9 Å². The number of hydrogen-bond donors (Lipinski definition) is 2. The lowest BCUT2D eigenvalue weighted by atomic mass is 10.1. The first-order chi connectivity index (χ1) is 13.9. The van der Waals surface area contributed by atoms with Crippen molar-refractivity contribution in [1.29, 1.82) is 0 Å². The van der Waals surface area contributed by atoms with Crippen LogP contribution in [0.3, 0.4) is 0 Å². The molecule has 3 aromatic rings. The number of nitrogens with one attached hydrogen (secondary N) is 2. The SMILES string of the molecule is COCc1cccc(NC(=O)c2ccc(NS(=O)(=O)c3ccc(F)cc3)cc2)c1. The van der Waals surface area contributed by atoms with E-state index in [-0.39, 0.29) is 16.5 Å². The number of rotatable bonds is 7. The van der Waals surface area contributed by atoms with Gasteiger partial charge in [0, 0.05) is 24.0 Å². The Morgan fingerprint density at radius 2 is 1.66 bits per heavy atom. The Hall–Kier alpha value is -3.23. The second-order valence-corrected chi connectivity index (χ2v) is 7.91. The second kappa shape index (κ2) is 8.85. The van der Waals surface area contributed by atoms with E-state index in [0.29, 0.717) is 17.9 Å².